The first-order valence-electron chi connectivity index (χ1n) is 10.7. The van der Waals surface area contributed by atoms with E-state index in [0.29, 0.717) is 12.8 Å². The van der Waals surface area contributed by atoms with Gasteiger partial charge in [-0.2, -0.15) is 0 Å². The number of rotatable bonds is 9. The molecular formula is C24H24F2N2O5. The lowest BCUT2D eigenvalue weighted by atomic mass is 9.98. The smallest absolute Gasteiger partial charge is 0.407 e. The van der Waals surface area contributed by atoms with Crippen LogP contribution in [-0.4, -0.2) is 47.7 Å². The summed E-state index contributed by atoms with van der Waals surface area (Å²) in [6.07, 6.45) is -3.70. The standard InChI is InChI=1S/C24H24F2N2O5/c25-20(26)11-19(22(30)31)27-21(29)12-24(9-10-24)28-23(32)33-13-18-16-7-3-1-5-14(16)15-6-2-4-8-17(15)18/h1-8,18-20H,9-13H2,(H,27,29)(H,28,32)(H,30,31). The van der Waals surface area contributed by atoms with Gasteiger partial charge in [0.2, 0.25) is 12.3 Å². The molecule has 0 saturated heterocycles. The molecule has 1 atom stereocenters. The number of hydrogen-bond acceptors (Lipinski definition) is 4. The number of halogens is 2. The number of amides is 2. The van der Waals surface area contributed by atoms with E-state index in [1.165, 1.54) is 0 Å². The van der Waals surface area contributed by atoms with Crippen LogP contribution in [-0.2, 0) is 14.3 Å². The molecule has 4 rings (SSSR count). The SMILES string of the molecule is O=C(CC1(NC(=O)OCC2c3ccccc3-c3ccccc32)CC1)NC(CC(F)F)C(=O)O. The number of carboxylic acids is 1. The van der Waals surface area contributed by atoms with E-state index < -0.39 is 42.4 Å². The van der Waals surface area contributed by atoms with Gasteiger partial charge in [-0.05, 0) is 35.1 Å². The molecular weight excluding hydrogens is 434 g/mol. The van der Waals surface area contributed by atoms with Gasteiger partial charge in [0.15, 0.2) is 0 Å². The second-order valence-electron chi connectivity index (χ2n) is 8.49. The maximum absolute atomic E-state index is 12.5. The number of aliphatic carboxylic acids is 1. The van der Waals surface area contributed by atoms with Gasteiger partial charge in [-0.1, -0.05) is 48.5 Å². The van der Waals surface area contributed by atoms with Crippen molar-refractivity contribution in [2.75, 3.05) is 6.61 Å². The van der Waals surface area contributed by atoms with Gasteiger partial charge in [0.05, 0.1) is 5.54 Å². The Bertz CT molecular complexity index is 1020. The zero-order valence-corrected chi connectivity index (χ0v) is 17.7. The van der Waals surface area contributed by atoms with Crippen LogP contribution >= 0.6 is 0 Å². The minimum Gasteiger partial charge on any atom is -0.480 e. The predicted octanol–water partition coefficient (Wildman–Crippen LogP) is 3.67. The highest BCUT2D eigenvalue weighted by atomic mass is 19.3. The van der Waals surface area contributed by atoms with Gasteiger partial charge >= 0.3 is 12.1 Å². The highest BCUT2D eigenvalue weighted by molar-refractivity contribution is 5.85. The number of ether oxygens (including phenoxy) is 1. The van der Waals surface area contributed by atoms with Gasteiger partial charge in [0, 0.05) is 18.8 Å². The fourth-order valence-electron chi connectivity index (χ4n) is 4.30. The molecule has 0 aliphatic heterocycles. The third-order valence-corrected chi connectivity index (χ3v) is 6.11. The maximum atomic E-state index is 12.5. The summed E-state index contributed by atoms with van der Waals surface area (Å²) in [5, 5.41) is 13.8. The van der Waals surface area contributed by atoms with Crippen molar-refractivity contribution in [3.05, 3.63) is 59.7 Å². The molecule has 1 fully saturated rings. The van der Waals surface area contributed by atoms with Gasteiger partial charge in [-0.3, -0.25) is 4.79 Å². The van der Waals surface area contributed by atoms with Crippen LogP contribution in [0, 0.1) is 0 Å². The third kappa shape index (κ3) is 5.13. The van der Waals surface area contributed by atoms with Crippen molar-refractivity contribution in [3.8, 4) is 11.1 Å². The molecule has 0 heterocycles. The first kappa shape index (κ1) is 22.7. The molecule has 0 aromatic heterocycles. The molecule has 9 heteroatoms. The van der Waals surface area contributed by atoms with Crippen LogP contribution in [0.5, 0.6) is 0 Å². The van der Waals surface area contributed by atoms with Crippen LogP contribution in [0.3, 0.4) is 0 Å². The van der Waals surface area contributed by atoms with E-state index in [1.807, 2.05) is 48.5 Å². The number of carboxylic acid groups (broad SMARTS) is 1. The molecule has 2 aliphatic rings. The Kier molecular flexibility index (Phi) is 6.31. The topological polar surface area (TPSA) is 105 Å². The molecule has 2 aromatic carbocycles. The number of fused-ring (bicyclic) bond motifs is 3. The van der Waals surface area contributed by atoms with Gasteiger partial charge < -0.3 is 20.5 Å². The Morgan fingerprint density at radius 1 is 1.03 bits per heavy atom. The summed E-state index contributed by atoms with van der Waals surface area (Å²) in [6, 6.07) is 14.2. The largest absolute Gasteiger partial charge is 0.480 e. The van der Waals surface area contributed by atoms with E-state index in [-0.39, 0.29) is 18.9 Å². The molecule has 3 N–H and O–H groups in total. The van der Waals surface area contributed by atoms with Crippen LogP contribution in [0.15, 0.2) is 48.5 Å². The van der Waals surface area contributed by atoms with Crippen molar-refractivity contribution in [3.63, 3.8) is 0 Å². The molecule has 7 nitrogen and oxygen atoms in total. The zero-order chi connectivity index (χ0) is 23.6. The molecule has 0 spiro atoms. The highest BCUT2D eigenvalue weighted by Gasteiger charge is 2.46. The van der Waals surface area contributed by atoms with E-state index in [1.54, 1.807) is 0 Å². The summed E-state index contributed by atoms with van der Waals surface area (Å²) in [4.78, 5) is 35.8. The molecule has 2 aromatic rings. The number of hydrogen-bond donors (Lipinski definition) is 3. The molecule has 174 valence electrons. The summed E-state index contributed by atoms with van der Waals surface area (Å²) >= 11 is 0. The molecule has 0 radical (unpaired) electrons. The van der Waals surface area contributed by atoms with E-state index >= 15 is 0 Å². The average Bonchev–Trinajstić information content (AvgIpc) is 3.43. The first-order valence-corrected chi connectivity index (χ1v) is 10.7. The summed E-state index contributed by atoms with van der Waals surface area (Å²) in [5.41, 5.74) is 3.51. The van der Waals surface area contributed by atoms with Crippen LogP contribution in [0.4, 0.5) is 13.6 Å². The Hall–Kier alpha value is -3.49. The van der Waals surface area contributed by atoms with Crippen molar-refractivity contribution >= 4 is 18.0 Å². The number of nitrogens with one attached hydrogen (secondary N) is 2. The minimum atomic E-state index is -2.86. The normalized spacial score (nSPS) is 16.5. The molecule has 1 saturated carbocycles. The summed E-state index contributed by atoms with van der Waals surface area (Å²) in [5.74, 6) is -2.34. The van der Waals surface area contributed by atoms with E-state index in [2.05, 4.69) is 10.6 Å². The van der Waals surface area contributed by atoms with E-state index in [4.69, 9.17) is 9.84 Å². The van der Waals surface area contributed by atoms with Crippen LogP contribution in [0.25, 0.3) is 11.1 Å². The van der Waals surface area contributed by atoms with Crippen molar-refractivity contribution < 1.29 is 33.0 Å². The Labute approximate surface area is 189 Å². The molecule has 33 heavy (non-hydrogen) atoms. The van der Waals surface area contributed by atoms with E-state index in [9.17, 15) is 23.2 Å². The van der Waals surface area contributed by atoms with E-state index in [0.717, 1.165) is 22.3 Å². The fourth-order valence-corrected chi connectivity index (χ4v) is 4.30. The van der Waals surface area contributed by atoms with Crippen LogP contribution < -0.4 is 10.6 Å². The lowest BCUT2D eigenvalue weighted by Gasteiger charge is -2.20. The predicted molar refractivity (Wildman–Crippen MR) is 115 cm³/mol. The second-order valence-corrected chi connectivity index (χ2v) is 8.49. The van der Waals surface area contributed by atoms with Gasteiger partial charge in [0.25, 0.3) is 0 Å². The summed E-state index contributed by atoms with van der Waals surface area (Å²) < 4.78 is 30.5. The van der Waals surface area contributed by atoms with Crippen molar-refractivity contribution in [2.45, 2.75) is 49.6 Å². The highest BCUT2D eigenvalue weighted by Crippen LogP contribution is 2.44. The molecule has 2 amide bonds. The van der Waals surface area contributed by atoms with Gasteiger partial charge in [0.1, 0.15) is 12.6 Å². The quantitative estimate of drug-likeness (QED) is 0.532. The molecule has 2 aliphatic carbocycles. The first-order chi connectivity index (χ1) is 15.8. The number of carbonyl (C=O) groups excluding carboxylic acids is 2. The lowest BCUT2D eigenvalue weighted by molar-refractivity contribution is -0.143. The fraction of sp³-hybridized carbons (Fsp3) is 0.375. The molecule has 0 bridgehead atoms. The lowest BCUT2D eigenvalue weighted by Crippen LogP contribution is -2.46. The van der Waals surface area contributed by atoms with Gasteiger partial charge in [-0.25, -0.2) is 18.4 Å². The maximum Gasteiger partial charge on any atom is 0.407 e. The summed E-state index contributed by atoms with van der Waals surface area (Å²) in [7, 11) is 0. The third-order valence-electron chi connectivity index (χ3n) is 6.11. The minimum absolute atomic E-state index is 0.104. The van der Waals surface area contributed by atoms with Crippen LogP contribution in [0.2, 0.25) is 0 Å². The van der Waals surface area contributed by atoms with Crippen molar-refractivity contribution in [2.24, 2.45) is 0 Å². The Morgan fingerprint density at radius 3 is 2.12 bits per heavy atom. The van der Waals surface area contributed by atoms with Crippen LogP contribution in [0.1, 0.15) is 42.7 Å². The number of carbonyl (C=O) groups is 3. The van der Waals surface area contributed by atoms with Crippen molar-refractivity contribution in [1.82, 2.24) is 10.6 Å². The summed E-state index contributed by atoms with van der Waals surface area (Å²) in [6.45, 7) is 0.123. The van der Waals surface area contributed by atoms with Crippen molar-refractivity contribution in [1.29, 1.82) is 0 Å². The number of alkyl carbamates (subject to hydrolysis) is 1. The average molecular weight is 458 g/mol. The molecule has 1 unspecified atom stereocenters. The number of benzene rings is 2. The Balaban J connectivity index is 1.33. The Morgan fingerprint density at radius 2 is 1.61 bits per heavy atom. The monoisotopic (exact) mass is 458 g/mol. The zero-order valence-electron chi connectivity index (χ0n) is 17.7. The number of alkyl halides is 2. The van der Waals surface area contributed by atoms with Gasteiger partial charge in [-0.15, -0.1) is 0 Å². The second kappa shape index (κ2) is 9.17.